The monoisotopic (exact) mass is 164 g/mol. The van der Waals surface area contributed by atoms with Crippen LogP contribution in [0, 0.1) is 34.5 Å². The second-order valence-electron chi connectivity index (χ2n) is 5.64. The molecule has 4 saturated carbocycles. The first kappa shape index (κ1) is 7.41. The summed E-state index contributed by atoms with van der Waals surface area (Å²) in [6.45, 7) is 9.86. The summed E-state index contributed by atoms with van der Waals surface area (Å²) in [4.78, 5) is 0. The van der Waals surface area contributed by atoms with E-state index in [9.17, 15) is 0 Å². The van der Waals surface area contributed by atoms with E-state index < -0.39 is 0 Å². The van der Waals surface area contributed by atoms with E-state index >= 15 is 0 Å². The van der Waals surface area contributed by atoms with E-state index in [2.05, 4.69) is 27.7 Å². The highest BCUT2D eigenvalue weighted by molar-refractivity contribution is 5.36. The van der Waals surface area contributed by atoms with E-state index in [1.54, 1.807) is 6.42 Å². The zero-order valence-corrected chi connectivity index (χ0v) is 8.72. The fourth-order valence-corrected chi connectivity index (χ4v) is 5.76. The third kappa shape index (κ3) is 0.367. The van der Waals surface area contributed by atoms with Gasteiger partial charge in [0.05, 0.1) is 0 Å². The van der Waals surface area contributed by atoms with Gasteiger partial charge in [0.25, 0.3) is 0 Å². The molecule has 0 amide bonds. The molecule has 0 radical (unpaired) electrons. The van der Waals surface area contributed by atoms with Crippen molar-refractivity contribution >= 4 is 0 Å². The van der Waals surface area contributed by atoms with Gasteiger partial charge in [-0.25, -0.2) is 0 Å². The van der Waals surface area contributed by atoms with Crippen LogP contribution in [0.25, 0.3) is 0 Å². The Kier molecular flexibility index (Phi) is 1.00. The molecule has 4 aliphatic carbocycles. The van der Waals surface area contributed by atoms with E-state index in [-0.39, 0.29) is 0 Å². The van der Waals surface area contributed by atoms with Crippen LogP contribution in [0.1, 0.15) is 40.5 Å². The summed E-state index contributed by atoms with van der Waals surface area (Å²) >= 11 is 0. The molecular weight excluding hydrogens is 144 g/mol. The Hall–Kier alpha value is 0. The highest BCUT2D eigenvalue weighted by atomic mass is 14.9. The second kappa shape index (κ2) is 1.63. The van der Waals surface area contributed by atoms with Crippen molar-refractivity contribution in [1.29, 1.82) is 0 Å². The SMILES string of the molecule is CCC12C(C)C(C1C)C21CC1C. The number of hydrogen-bond acceptors (Lipinski definition) is 0. The largest absolute Gasteiger partial charge is 0.0648 e. The van der Waals surface area contributed by atoms with E-state index in [0.717, 1.165) is 34.5 Å². The first-order chi connectivity index (χ1) is 5.63. The van der Waals surface area contributed by atoms with E-state index in [1.807, 2.05) is 0 Å². The van der Waals surface area contributed by atoms with Gasteiger partial charge in [0.15, 0.2) is 0 Å². The highest BCUT2D eigenvalue weighted by Crippen LogP contribution is 2.94. The minimum Gasteiger partial charge on any atom is -0.0648 e. The maximum Gasteiger partial charge on any atom is -0.0173 e. The summed E-state index contributed by atoms with van der Waals surface area (Å²) < 4.78 is 0. The lowest BCUT2D eigenvalue weighted by Crippen LogP contribution is -2.76. The zero-order chi connectivity index (χ0) is 8.72. The lowest BCUT2D eigenvalue weighted by molar-refractivity contribution is -0.337. The molecule has 0 nitrogen and oxygen atoms in total. The average Bonchev–Trinajstić information content (AvgIpc) is 2.68. The molecule has 4 atom stereocenters. The Balaban J connectivity index is 1.97. The number of hydrogen-bond donors (Lipinski definition) is 0. The standard InChI is InChI=1S/C12H20/c1-5-11-8(3)10(9(11)4)12(11)6-7(12)2/h7-10H,5-6H2,1-4H3. The topological polar surface area (TPSA) is 0 Å². The summed E-state index contributed by atoms with van der Waals surface area (Å²) in [6, 6.07) is 0. The summed E-state index contributed by atoms with van der Waals surface area (Å²) in [7, 11) is 0. The molecule has 0 heteroatoms. The van der Waals surface area contributed by atoms with Gasteiger partial charge >= 0.3 is 0 Å². The third-order valence-corrected chi connectivity index (χ3v) is 6.11. The van der Waals surface area contributed by atoms with Crippen LogP contribution in [-0.4, -0.2) is 0 Å². The van der Waals surface area contributed by atoms with Gasteiger partial charge in [-0.1, -0.05) is 27.7 Å². The lowest BCUT2D eigenvalue weighted by Gasteiger charge is -2.81. The van der Waals surface area contributed by atoms with Gasteiger partial charge in [-0.05, 0) is 47.3 Å². The van der Waals surface area contributed by atoms with Crippen LogP contribution in [0.5, 0.6) is 0 Å². The molecule has 0 aromatic heterocycles. The minimum atomic E-state index is 0.803. The summed E-state index contributed by atoms with van der Waals surface area (Å²) in [5.41, 5.74) is 1.68. The molecule has 4 rings (SSSR count). The van der Waals surface area contributed by atoms with Crippen molar-refractivity contribution in [3.05, 3.63) is 0 Å². The molecule has 0 N–H and O–H groups in total. The maximum absolute atomic E-state index is 2.49. The average molecular weight is 164 g/mol. The molecule has 2 bridgehead atoms. The van der Waals surface area contributed by atoms with Crippen LogP contribution >= 0.6 is 0 Å². The Morgan fingerprint density at radius 1 is 1.17 bits per heavy atom. The van der Waals surface area contributed by atoms with Crippen LogP contribution in [0.15, 0.2) is 0 Å². The van der Waals surface area contributed by atoms with E-state index in [4.69, 9.17) is 0 Å². The van der Waals surface area contributed by atoms with Gasteiger partial charge in [0.2, 0.25) is 0 Å². The lowest BCUT2D eigenvalue weighted by atomic mass is 9.23. The Morgan fingerprint density at radius 2 is 1.67 bits per heavy atom. The third-order valence-electron chi connectivity index (χ3n) is 6.11. The smallest absolute Gasteiger partial charge is 0.0173 e. The molecule has 0 aliphatic heterocycles. The fraction of sp³-hybridized carbons (Fsp3) is 1.00. The van der Waals surface area contributed by atoms with Crippen LogP contribution in [-0.2, 0) is 0 Å². The van der Waals surface area contributed by atoms with Gasteiger partial charge in [0, 0.05) is 0 Å². The Bertz CT molecular complexity index is 232. The van der Waals surface area contributed by atoms with Crippen LogP contribution in [0.3, 0.4) is 0 Å². The first-order valence-electron chi connectivity index (χ1n) is 5.63. The van der Waals surface area contributed by atoms with Gasteiger partial charge in [-0.3, -0.25) is 0 Å². The van der Waals surface area contributed by atoms with Crippen molar-refractivity contribution in [1.82, 2.24) is 0 Å². The Morgan fingerprint density at radius 3 is 1.83 bits per heavy atom. The van der Waals surface area contributed by atoms with Crippen molar-refractivity contribution in [2.45, 2.75) is 40.5 Å². The highest BCUT2D eigenvalue weighted by Gasteiger charge is 2.89. The predicted molar refractivity (Wildman–Crippen MR) is 50.8 cm³/mol. The maximum atomic E-state index is 2.49. The quantitative estimate of drug-likeness (QED) is 0.557. The van der Waals surface area contributed by atoms with Crippen molar-refractivity contribution in [3.63, 3.8) is 0 Å². The molecule has 4 unspecified atom stereocenters. The summed E-state index contributed by atoms with van der Waals surface area (Å²) in [5.74, 6) is 4.30. The molecule has 0 heterocycles. The van der Waals surface area contributed by atoms with Crippen LogP contribution in [0.2, 0.25) is 0 Å². The van der Waals surface area contributed by atoms with Crippen molar-refractivity contribution in [3.8, 4) is 0 Å². The predicted octanol–water partition coefficient (Wildman–Crippen LogP) is 3.32. The summed E-state index contributed by atoms with van der Waals surface area (Å²) in [6.07, 6.45) is 3.00. The van der Waals surface area contributed by atoms with Crippen molar-refractivity contribution in [2.24, 2.45) is 34.5 Å². The second-order valence-corrected chi connectivity index (χ2v) is 5.64. The van der Waals surface area contributed by atoms with Crippen molar-refractivity contribution < 1.29 is 0 Å². The molecule has 1 spiro atoms. The normalized spacial score (nSPS) is 72.0. The zero-order valence-electron chi connectivity index (χ0n) is 8.72. The van der Waals surface area contributed by atoms with Gasteiger partial charge in [0.1, 0.15) is 0 Å². The van der Waals surface area contributed by atoms with Crippen LogP contribution in [0.4, 0.5) is 0 Å². The minimum absolute atomic E-state index is 0.803. The summed E-state index contributed by atoms with van der Waals surface area (Å²) in [5, 5.41) is 0. The molecule has 0 saturated heterocycles. The van der Waals surface area contributed by atoms with Crippen molar-refractivity contribution in [2.75, 3.05) is 0 Å². The fourth-order valence-electron chi connectivity index (χ4n) is 5.76. The van der Waals surface area contributed by atoms with Gasteiger partial charge in [-0.2, -0.15) is 0 Å². The molecule has 4 fully saturated rings. The van der Waals surface area contributed by atoms with E-state index in [0.29, 0.717) is 0 Å². The van der Waals surface area contributed by atoms with Crippen LogP contribution < -0.4 is 0 Å². The molecule has 0 aromatic carbocycles. The molecule has 0 aromatic rings. The first-order valence-corrected chi connectivity index (χ1v) is 5.63. The van der Waals surface area contributed by atoms with Gasteiger partial charge in [-0.15, -0.1) is 0 Å². The number of rotatable bonds is 1. The Labute approximate surface area is 75.7 Å². The van der Waals surface area contributed by atoms with E-state index in [1.165, 1.54) is 6.42 Å². The molecule has 68 valence electrons. The van der Waals surface area contributed by atoms with Gasteiger partial charge < -0.3 is 0 Å². The molecule has 12 heavy (non-hydrogen) atoms. The molecular formula is C12H20. The molecule has 4 aliphatic rings.